The van der Waals surface area contributed by atoms with Crippen molar-refractivity contribution in [2.75, 3.05) is 18.6 Å². The molecule has 1 aliphatic heterocycles. The molecule has 0 aromatic heterocycles. The van der Waals surface area contributed by atoms with Gasteiger partial charge < -0.3 is 9.64 Å². The van der Waals surface area contributed by atoms with Crippen LogP contribution in [0.1, 0.15) is 25.8 Å². The number of hydrogen-bond donors (Lipinski definition) is 0. The lowest BCUT2D eigenvalue weighted by Gasteiger charge is -2.19. The summed E-state index contributed by atoms with van der Waals surface area (Å²) in [5.74, 6) is -0.844. The molecule has 1 aliphatic rings. The highest BCUT2D eigenvalue weighted by Crippen LogP contribution is 2.29. The molecule has 1 atom stereocenters. The number of hydrogen-bond acceptors (Lipinski definition) is 4. The van der Waals surface area contributed by atoms with E-state index in [0.29, 0.717) is 6.54 Å². The zero-order valence-electron chi connectivity index (χ0n) is 12.4. The fraction of sp³-hybridized carbons (Fsp3) is 0.438. The number of esters is 1. The molecule has 2 rings (SSSR count). The van der Waals surface area contributed by atoms with E-state index >= 15 is 0 Å². The Morgan fingerprint density at radius 2 is 2.00 bits per heavy atom. The second kappa shape index (κ2) is 5.57. The zero-order chi connectivity index (χ0) is 15.6. The van der Waals surface area contributed by atoms with Gasteiger partial charge in [-0.25, -0.2) is 0 Å². The molecule has 0 bridgehead atoms. The maximum absolute atomic E-state index is 12.0. The topological polar surface area (TPSA) is 70.4 Å². The van der Waals surface area contributed by atoms with Crippen LogP contribution in [0.25, 0.3) is 0 Å². The summed E-state index contributed by atoms with van der Waals surface area (Å²) in [4.78, 5) is 25.1. The van der Waals surface area contributed by atoms with Crippen LogP contribution in [0.15, 0.2) is 24.3 Å². The van der Waals surface area contributed by atoms with E-state index < -0.39 is 11.3 Å². The average molecular weight is 286 g/mol. The minimum absolute atomic E-state index is 0.0855. The van der Waals surface area contributed by atoms with Crippen LogP contribution in [0.3, 0.4) is 0 Å². The lowest BCUT2D eigenvalue weighted by molar-refractivity contribution is -0.145. The van der Waals surface area contributed by atoms with Crippen molar-refractivity contribution >= 4 is 17.6 Å². The van der Waals surface area contributed by atoms with Crippen LogP contribution in [0.5, 0.6) is 0 Å². The second-order valence-corrected chi connectivity index (χ2v) is 5.71. The van der Waals surface area contributed by atoms with E-state index in [1.54, 1.807) is 4.90 Å². The van der Waals surface area contributed by atoms with E-state index in [0.717, 1.165) is 11.3 Å². The van der Waals surface area contributed by atoms with Crippen molar-refractivity contribution in [2.45, 2.75) is 25.7 Å². The van der Waals surface area contributed by atoms with Gasteiger partial charge in [-0.2, -0.15) is 5.26 Å². The highest BCUT2D eigenvalue weighted by atomic mass is 16.5. The van der Waals surface area contributed by atoms with Crippen LogP contribution in [0.2, 0.25) is 0 Å². The van der Waals surface area contributed by atoms with Crippen molar-refractivity contribution in [3.8, 4) is 6.07 Å². The SMILES string of the molecule is COC(=O)C1CC(=O)N(c2ccc(C(C)(C)C#N)cc2)C1. The first-order chi connectivity index (χ1) is 9.89. The number of anilines is 1. The summed E-state index contributed by atoms with van der Waals surface area (Å²) in [6.45, 7) is 4.03. The lowest BCUT2D eigenvalue weighted by Crippen LogP contribution is -2.26. The number of carbonyl (C=O) groups excluding carboxylic acids is 2. The summed E-state index contributed by atoms with van der Waals surface area (Å²) in [6.07, 6.45) is 0.179. The van der Waals surface area contributed by atoms with Gasteiger partial charge in [-0.3, -0.25) is 9.59 Å². The maximum atomic E-state index is 12.0. The number of carbonyl (C=O) groups is 2. The van der Waals surface area contributed by atoms with Gasteiger partial charge in [-0.05, 0) is 31.5 Å². The number of nitrogens with zero attached hydrogens (tertiary/aromatic N) is 2. The molecule has 0 N–H and O–H groups in total. The molecule has 5 nitrogen and oxygen atoms in total. The van der Waals surface area contributed by atoms with Gasteiger partial charge in [0.2, 0.25) is 5.91 Å². The van der Waals surface area contributed by atoms with E-state index in [1.807, 2.05) is 38.1 Å². The van der Waals surface area contributed by atoms with Crippen LogP contribution in [-0.2, 0) is 19.7 Å². The summed E-state index contributed by atoms with van der Waals surface area (Å²) < 4.78 is 4.69. The van der Waals surface area contributed by atoms with Gasteiger partial charge in [-0.1, -0.05) is 12.1 Å². The average Bonchev–Trinajstić information content (AvgIpc) is 2.88. The van der Waals surface area contributed by atoms with Crippen LogP contribution in [0, 0.1) is 17.2 Å². The molecule has 5 heteroatoms. The highest BCUT2D eigenvalue weighted by molar-refractivity contribution is 5.99. The highest BCUT2D eigenvalue weighted by Gasteiger charge is 2.35. The number of amides is 1. The summed E-state index contributed by atoms with van der Waals surface area (Å²) in [5.41, 5.74) is 1.07. The fourth-order valence-corrected chi connectivity index (χ4v) is 2.40. The number of rotatable bonds is 3. The van der Waals surface area contributed by atoms with Gasteiger partial charge in [0, 0.05) is 18.7 Å². The van der Waals surface area contributed by atoms with E-state index in [1.165, 1.54) is 7.11 Å². The fourth-order valence-electron chi connectivity index (χ4n) is 2.40. The van der Waals surface area contributed by atoms with Gasteiger partial charge in [0.25, 0.3) is 0 Å². The lowest BCUT2D eigenvalue weighted by atomic mass is 9.86. The Balaban J connectivity index is 2.19. The Kier molecular flexibility index (Phi) is 3.99. The molecule has 1 amide bonds. The van der Waals surface area contributed by atoms with E-state index in [2.05, 4.69) is 6.07 Å². The van der Waals surface area contributed by atoms with E-state index in [4.69, 9.17) is 10.00 Å². The summed E-state index contributed by atoms with van der Waals surface area (Å²) in [6, 6.07) is 9.56. The third kappa shape index (κ3) is 2.89. The molecular weight excluding hydrogens is 268 g/mol. The Labute approximate surface area is 124 Å². The van der Waals surface area contributed by atoms with E-state index in [-0.39, 0.29) is 18.3 Å². The number of nitriles is 1. The van der Waals surface area contributed by atoms with Gasteiger partial charge >= 0.3 is 5.97 Å². The molecule has 0 spiro atoms. The summed E-state index contributed by atoms with van der Waals surface area (Å²) >= 11 is 0. The van der Waals surface area contributed by atoms with Gasteiger partial charge in [0.15, 0.2) is 0 Å². The van der Waals surface area contributed by atoms with Crippen LogP contribution >= 0.6 is 0 Å². The third-order valence-corrected chi connectivity index (χ3v) is 3.84. The molecule has 0 saturated carbocycles. The largest absolute Gasteiger partial charge is 0.469 e. The molecule has 0 aliphatic carbocycles. The standard InChI is InChI=1S/C16H18N2O3/c1-16(2,10-17)12-4-6-13(7-5-12)18-9-11(8-14(18)19)15(20)21-3/h4-7,11H,8-9H2,1-3H3. The van der Waals surface area contributed by atoms with Gasteiger partial charge in [0.1, 0.15) is 0 Å². The molecule has 1 aromatic carbocycles. The monoisotopic (exact) mass is 286 g/mol. The van der Waals surface area contributed by atoms with Gasteiger partial charge in [0.05, 0.1) is 24.5 Å². The van der Waals surface area contributed by atoms with E-state index in [9.17, 15) is 9.59 Å². The first-order valence-electron chi connectivity index (χ1n) is 6.79. The molecule has 1 unspecified atom stereocenters. The molecule has 1 heterocycles. The Morgan fingerprint density at radius 1 is 1.38 bits per heavy atom. The predicted octanol–water partition coefficient (Wildman–Crippen LogP) is 2.01. The second-order valence-electron chi connectivity index (χ2n) is 5.71. The first kappa shape index (κ1) is 15.0. The predicted molar refractivity (Wildman–Crippen MR) is 77.6 cm³/mol. The Bertz CT molecular complexity index is 599. The number of ether oxygens (including phenoxy) is 1. The van der Waals surface area contributed by atoms with Crippen LogP contribution in [0.4, 0.5) is 5.69 Å². The summed E-state index contributed by atoms with van der Waals surface area (Å²) in [7, 11) is 1.33. The minimum Gasteiger partial charge on any atom is -0.469 e. The molecule has 21 heavy (non-hydrogen) atoms. The number of benzene rings is 1. The molecule has 0 radical (unpaired) electrons. The molecule has 1 aromatic rings. The van der Waals surface area contributed by atoms with Crippen molar-refractivity contribution in [3.05, 3.63) is 29.8 Å². The zero-order valence-corrected chi connectivity index (χ0v) is 12.4. The van der Waals surface area contributed by atoms with Crippen molar-refractivity contribution in [2.24, 2.45) is 5.92 Å². The molecule has 1 saturated heterocycles. The first-order valence-corrected chi connectivity index (χ1v) is 6.79. The van der Waals surface area contributed by atoms with Crippen molar-refractivity contribution in [1.29, 1.82) is 5.26 Å². The van der Waals surface area contributed by atoms with Crippen molar-refractivity contribution < 1.29 is 14.3 Å². The smallest absolute Gasteiger partial charge is 0.311 e. The van der Waals surface area contributed by atoms with Crippen LogP contribution in [-0.4, -0.2) is 25.5 Å². The molecule has 1 fully saturated rings. The Morgan fingerprint density at radius 3 is 2.52 bits per heavy atom. The van der Waals surface area contributed by atoms with Crippen LogP contribution < -0.4 is 4.90 Å². The van der Waals surface area contributed by atoms with Crippen molar-refractivity contribution in [1.82, 2.24) is 0 Å². The Hall–Kier alpha value is -2.35. The molecule has 110 valence electrons. The third-order valence-electron chi connectivity index (χ3n) is 3.84. The maximum Gasteiger partial charge on any atom is 0.311 e. The quantitative estimate of drug-likeness (QED) is 0.797. The normalized spacial score (nSPS) is 18.5. The summed E-state index contributed by atoms with van der Waals surface area (Å²) in [5, 5.41) is 9.13. The van der Waals surface area contributed by atoms with Gasteiger partial charge in [-0.15, -0.1) is 0 Å². The molecular formula is C16H18N2O3. The minimum atomic E-state index is -0.567. The van der Waals surface area contributed by atoms with Crippen molar-refractivity contribution in [3.63, 3.8) is 0 Å². The number of methoxy groups -OCH3 is 1.